The van der Waals surface area contributed by atoms with Crippen LogP contribution in [0.2, 0.25) is 5.02 Å². The van der Waals surface area contributed by atoms with E-state index in [0.29, 0.717) is 39.8 Å². The molecule has 1 saturated heterocycles. The van der Waals surface area contributed by atoms with Crippen molar-refractivity contribution >= 4 is 17.6 Å². The molecule has 1 aromatic heterocycles. The largest absolute Gasteiger partial charge is 0.493 e. The third-order valence-electron chi connectivity index (χ3n) is 9.39. The Bertz CT molecular complexity index is 1980. The number of aromatic nitrogens is 1. The van der Waals surface area contributed by atoms with Crippen LogP contribution in [0.5, 0.6) is 17.2 Å². The number of hydrogen-bond acceptors (Lipinski definition) is 9. The SMILES string of the molecule is Cc1c(COc2cc(OCc3cncc(C#N)c3)c(CN[C@](C)(CO)C(=O)O)cc2Cl)cccc1-c1cccc(OCCCN2CCCC2)c1C(F)(F)F. The van der Waals surface area contributed by atoms with Gasteiger partial charge >= 0.3 is 12.1 Å². The number of nitrogens with zero attached hydrogens (tertiary/aromatic N) is 3. The van der Waals surface area contributed by atoms with Crippen LogP contribution in [0.1, 0.15) is 59.6 Å². The van der Waals surface area contributed by atoms with Crippen molar-refractivity contribution < 1.29 is 42.4 Å². The highest BCUT2D eigenvalue weighted by Gasteiger charge is 2.38. The van der Waals surface area contributed by atoms with E-state index in [0.717, 1.165) is 32.5 Å². The number of carbonyl (C=O) groups is 1. The number of halogens is 4. The highest BCUT2D eigenvalue weighted by molar-refractivity contribution is 6.32. The van der Waals surface area contributed by atoms with Gasteiger partial charge in [0, 0.05) is 42.7 Å². The topological polar surface area (TPSA) is 137 Å². The molecule has 1 atom stereocenters. The Labute approximate surface area is 317 Å². The Morgan fingerprint density at radius 1 is 0.981 bits per heavy atom. The van der Waals surface area contributed by atoms with Crippen LogP contribution in [-0.4, -0.2) is 64.5 Å². The summed E-state index contributed by atoms with van der Waals surface area (Å²) in [7, 11) is 0. The number of aliphatic hydroxyl groups is 1. The lowest BCUT2D eigenvalue weighted by Gasteiger charge is -2.25. The number of aliphatic carboxylic acids is 1. The van der Waals surface area contributed by atoms with E-state index in [1.54, 1.807) is 43.3 Å². The maximum absolute atomic E-state index is 14.7. The van der Waals surface area contributed by atoms with Gasteiger partial charge in [0.2, 0.25) is 0 Å². The van der Waals surface area contributed by atoms with Gasteiger partial charge in [0.05, 0.1) is 23.8 Å². The standard InChI is InChI=1S/C40H42ClF3N4O6/c1-26-29(8-5-9-31(26)32-10-6-11-34(37(32)40(42,43)44)52-15-7-14-48-12-3-4-13-48)24-54-36-18-35(53-23-28-16-27(19-45)20-46-21-28)30(17-33(36)41)22-47-39(2,25-49)38(50)51/h5-6,8-11,16-18,20-21,47,49H,3-4,7,12-15,22-25H2,1-2H3,(H,50,51)/t39-/m1/s1. The van der Waals surface area contributed by atoms with Crippen molar-refractivity contribution in [2.24, 2.45) is 0 Å². The Morgan fingerprint density at radius 3 is 2.41 bits per heavy atom. The van der Waals surface area contributed by atoms with Crippen molar-refractivity contribution in [1.29, 1.82) is 5.26 Å². The van der Waals surface area contributed by atoms with Crippen molar-refractivity contribution in [2.75, 3.05) is 32.8 Å². The van der Waals surface area contributed by atoms with Crippen molar-refractivity contribution in [3.63, 3.8) is 0 Å². The van der Waals surface area contributed by atoms with E-state index >= 15 is 0 Å². The molecule has 0 amide bonds. The highest BCUT2D eigenvalue weighted by Crippen LogP contribution is 2.44. The van der Waals surface area contributed by atoms with Gasteiger partial charge in [-0.2, -0.15) is 18.4 Å². The third kappa shape index (κ3) is 10.0. The number of alkyl halides is 3. The van der Waals surface area contributed by atoms with E-state index in [1.807, 2.05) is 6.07 Å². The van der Waals surface area contributed by atoms with Crippen LogP contribution in [-0.2, 0) is 30.7 Å². The van der Waals surface area contributed by atoms with Crippen LogP contribution in [0.15, 0.2) is 67.0 Å². The molecule has 0 aliphatic carbocycles. The first-order valence-corrected chi connectivity index (χ1v) is 17.9. The molecule has 10 nitrogen and oxygen atoms in total. The summed E-state index contributed by atoms with van der Waals surface area (Å²) in [5, 5.41) is 31.6. The fraction of sp³-hybridized carbons (Fsp3) is 0.375. The number of rotatable bonds is 17. The summed E-state index contributed by atoms with van der Waals surface area (Å²) in [5.41, 5.74) is 0.453. The van der Waals surface area contributed by atoms with Crippen LogP contribution in [0, 0.1) is 18.3 Å². The summed E-state index contributed by atoms with van der Waals surface area (Å²) in [6, 6.07) is 16.1. The number of nitriles is 1. The zero-order valence-electron chi connectivity index (χ0n) is 30.0. The molecule has 14 heteroatoms. The number of likely N-dealkylation sites (tertiary alicyclic amines) is 1. The minimum absolute atomic E-state index is 0.00327. The summed E-state index contributed by atoms with van der Waals surface area (Å²) in [4.78, 5) is 18.1. The molecule has 0 radical (unpaired) electrons. The predicted octanol–water partition coefficient (Wildman–Crippen LogP) is 7.55. The molecule has 1 aliphatic heterocycles. The molecular formula is C40H42ClF3N4O6. The molecule has 0 spiro atoms. The van der Waals surface area contributed by atoms with E-state index in [-0.39, 0.29) is 54.2 Å². The second-order valence-corrected chi connectivity index (χ2v) is 13.7. The van der Waals surface area contributed by atoms with Crippen molar-refractivity contribution in [3.8, 4) is 34.4 Å². The number of ether oxygens (including phenoxy) is 3. The van der Waals surface area contributed by atoms with Gasteiger partial charge in [0.15, 0.2) is 0 Å². The lowest BCUT2D eigenvalue weighted by molar-refractivity contribution is -0.146. The molecule has 1 aliphatic rings. The molecule has 5 rings (SSSR count). The maximum Gasteiger partial charge on any atom is 0.420 e. The molecule has 3 N–H and O–H groups in total. The third-order valence-corrected chi connectivity index (χ3v) is 9.69. The second kappa shape index (κ2) is 18.0. The summed E-state index contributed by atoms with van der Waals surface area (Å²) >= 11 is 6.65. The number of carboxylic acid groups (broad SMARTS) is 1. The molecule has 286 valence electrons. The summed E-state index contributed by atoms with van der Waals surface area (Å²) in [6.07, 6.45) is 1.17. The van der Waals surface area contributed by atoms with Gasteiger partial charge in [-0.3, -0.25) is 15.1 Å². The minimum atomic E-state index is -4.68. The predicted molar refractivity (Wildman–Crippen MR) is 196 cm³/mol. The molecule has 1 fully saturated rings. The zero-order valence-corrected chi connectivity index (χ0v) is 30.8. The Kier molecular flexibility index (Phi) is 13.4. The van der Waals surface area contributed by atoms with Crippen LogP contribution >= 0.6 is 11.6 Å². The van der Waals surface area contributed by atoms with Gasteiger partial charge in [-0.25, -0.2) is 0 Å². The molecule has 0 bridgehead atoms. The first-order chi connectivity index (χ1) is 25.8. The average Bonchev–Trinajstić information content (AvgIpc) is 3.68. The summed E-state index contributed by atoms with van der Waals surface area (Å²) in [5.74, 6) is -1.00. The molecular weight excluding hydrogens is 725 g/mol. The maximum atomic E-state index is 14.7. The first kappa shape index (κ1) is 40.3. The molecule has 4 aromatic rings. The second-order valence-electron chi connectivity index (χ2n) is 13.3. The van der Waals surface area contributed by atoms with Gasteiger partial charge in [-0.1, -0.05) is 41.9 Å². The fourth-order valence-electron chi connectivity index (χ4n) is 6.17. The van der Waals surface area contributed by atoms with Crippen LogP contribution in [0.4, 0.5) is 13.2 Å². The zero-order chi connectivity index (χ0) is 38.9. The normalized spacial score (nSPS) is 14.3. The fourth-order valence-corrected chi connectivity index (χ4v) is 6.41. The van der Waals surface area contributed by atoms with Crippen molar-refractivity contribution in [3.05, 3.63) is 105 Å². The number of benzene rings is 3. The Hall–Kier alpha value is -4.87. The van der Waals surface area contributed by atoms with Crippen LogP contribution in [0.25, 0.3) is 11.1 Å². The highest BCUT2D eigenvalue weighted by atomic mass is 35.5. The number of pyridine rings is 1. The number of carboxylic acids is 1. The van der Waals surface area contributed by atoms with E-state index in [9.17, 15) is 33.4 Å². The van der Waals surface area contributed by atoms with Gasteiger partial charge in [0.1, 0.15) is 47.6 Å². The monoisotopic (exact) mass is 766 g/mol. The Balaban J connectivity index is 1.39. The van der Waals surface area contributed by atoms with E-state index in [1.165, 1.54) is 37.5 Å². The number of aliphatic hydroxyl groups excluding tert-OH is 1. The summed E-state index contributed by atoms with van der Waals surface area (Å²) < 4.78 is 61.9. The molecule has 3 aromatic carbocycles. The first-order valence-electron chi connectivity index (χ1n) is 17.5. The lowest BCUT2D eigenvalue weighted by Crippen LogP contribution is -2.52. The summed E-state index contributed by atoms with van der Waals surface area (Å²) in [6.45, 7) is 5.22. The van der Waals surface area contributed by atoms with Gasteiger partial charge in [-0.15, -0.1) is 0 Å². The number of nitrogens with one attached hydrogen (secondary N) is 1. The smallest absolute Gasteiger partial charge is 0.420 e. The van der Waals surface area contributed by atoms with Crippen LogP contribution < -0.4 is 19.5 Å². The lowest BCUT2D eigenvalue weighted by atomic mass is 9.92. The van der Waals surface area contributed by atoms with E-state index < -0.39 is 29.9 Å². The van der Waals surface area contributed by atoms with E-state index in [4.69, 9.17) is 25.8 Å². The minimum Gasteiger partial charge on any atom is -0.493 e. The molecule has 54 heavy (non-hydrogen) atoms. The van der Waals surface area contributed by atoms with E-state index in [2.05, 4.69) is 15.2 Å². The quantitative estimate of drug-likeness (QED) is 0.0925. The van der Waals surface area contributed by atoms with Crippen LogP contribution in [0.3, 0.4) is 0 Å². The molecule has 0 saturated carbocycles. The van der Waals surface area contributed by atoms with Crippen molar-refractivity contribution in [1.82, 2.24) is 15.2 Å². The Morgan fingerprint density at radius 2 is 1.70 bits per heavy atom. The van der Waals surface area contributed by atoms with Gasteiger partial charge in [0.25, 0.3) is 0 Å². The van der Waals surface area contributed by atoms with Crippen molar-refractivity contribution in [2.45, 2.75) is 64.6 Å². The number of hydrogen-bond donors (Lipinski definition) is 3. The average molecular weight is 767 g/mol. The molecule has 2 heterocycles. The van der Waals surface area contributed by atoms with Gasteiger partial charge < -0.3 is 29.3 Å². The van der Waals surface area contributed by atoms with Gasteiger partial charge in [-0.05, 0) is 86.7 Å². The molecule has 0 unspecified atom stereocenters.